The molecule has 0 saturated heterocycles. The molecule has 0 spiro atoms. The molecule has 0 atom stereocenters. The molecule has 0 unspecified atom stereocenters. The number of rotatable bonds is 7. The van der Waals surface area contributed by atoms with E-state index in [9.17, 15) is 9.90 Å². The number of nitrogens with zero attached hydrogens (tertiary/aromatic N) is 2. The van der Waals surface area contributed by atoms with Gasteiger partial charge in [0.15, 0.2) is 0 Å². The first kappa shape index (κ1) is 20.4. The fraction of sp³-hybridized carbons (Fsp3) is 0.565. The number of ether oxygens (including phenoxy) is 1. The fourth-order valence-corrected chi connectivity index (χ4v) is 4.16. The Morgan fingerprint density at radius 3 is 2.68 bits per heavy atom. The van der Waals surface area contributed by atoms with Gasteiger partial charge in [-0.05, 0) is 43.9 Å². The quantitative estimate of drug-likeness (QED) is 0.542. The summed E-state index contributed by atoms with van der Waals surface area (Å²) in [6, 6.07) is 3.97. The van der Waals surface area contributed by atoms with E-state index in [1.807, 2.05) is 23.6 Å². The number of aromatic nitrogens is 1. The van der Waals surface area contributed by atoms with Crippen LogP contribution < -0.4 is 10.3 Å². The van der Waals surface area contributed by atoms with E-state index in [2.05, 4.69) is 11.9 Å². The molecular formula is C23H32N2O3. The molecule has 1 aromatic carbocycles. The number of pyridine rings is 1. The van der Waals surface area contributed by atoms with Gasteiger partial charge in [-0.1, -0.05) is 39.0 Å². The normalized spacial score (nSPS) is 15.5. The Morgan fingerprint density at radius 1 is 1.25 bits per heavy atom. The molecule has 1 heterocycles. The summed E-state index contributed by atoms with van der Waals surface area (Å²) in [4.78, 5) is 17.9. The highest BCUT2D eigenvalue weighted by Gasteiger charge is 2.19. The minimum atomic E-state index is -0.158. The van der Waals surface area contributed by atoms with Crippen molar-refractivity contribution < 1.29 is 9.84 Å². The van der Waals surface area contributed by atoms with Crippen LogP contribution in [0.15, 0.2) is 21.9 Å². The number of unbranched alkanes of at least 4 members (excludes halogenated alkanes) is 2. The van der Waals surface area contributed by atoms with Crippen LogP contribution >= 0.6 is 0 Å². The minimum Gasteiger partial charge on any atom is -0.506 e. The lowest BCUT2D eigenvalue weighted by Crippen LogP contribution is -2.25. The van der Waals surface area contributed by atoms with Crippen LogP contribution in [0, 0.1) is 6.92 Å². The Kier molecular flexibility index (Phi) is 6.76. The molecule has 5 heteroatoms. The largest absolute Gasteiger partial charge is 0.506 e. The maximum Gasteiger partial charge on any atom is 0.263 e. The van der Waals surface area contributed by atoms with E-state index in [4.69, 9.17) is 4.74 Å². The van der Waals surface area contributed by atoms with Crippen molar-refractivity contribution in [3.8, 4) is 11.5 Å². The number of hydrogen-bond donors (Lipinski definition) is 1. The summed E-state index contributed by atoms with van der Waals surface area (Å²) in [5, 5.41) is 11.6. The van der Waals surface area contributed by atoms with Gasteiger partial charge in [0.2, 0.25) is 0 Å². The standard InChI is InChI=1S/C23H32N2O3/c1-4-5-9-12-25-21-16(2)13-18(28-3)14-19(21)22(26)20(23(25)27)15-24-17-10-7-6-8-11-17/h13-15,17,26H,4-12H2,1-3H3. The molecule has 1 aliphatic carbocycles. The van der Waals surface area contributed by atoms with Crippen molar-refractivity contribution in [1.82, 2.24) is 4.57 Å². The summed E-state index contributed by atoms with van der Waals surface area (Å²) in [6.07, 6.45) is 10.4. The average molecular weight is 385 g/mol. The molecule has 0 amide bonds. The smallest absolute Gasteiger partial charge is 0.263 e. The Bertz CT molecular complexity index is 908. The molecule has 0 bridgehead atoms. The van der Waals surface area contributed by atoms with Crippen molar-refractivity contribution in [2.45, 2.75) is 77.8 Å². The van der Waals surface area contributed by atoms with Gasteiger partial charge >= 0.3 is 0 Å². The summed E-state index contributed by atoms with van der Waals surface area (Å²) < 4.78 is 7.20. The van der Waals surface area contributed by atoms with Crippen LogP contribution in [0.4, 0.5) is 0 Å². The van der Waals surface area contributed by atoms with E-state index in [0.29, 0.717) is 23.2 Å². The van der Waals surface area contributed by atoms with Crippen LogP contribution in [0.5, 0.6) is 11.5 Å². The third-order valence-corrected chi connectivity index (χ3v) is 5.74. The number of aliphatic imine (C=N–C) groups is 1. The van der Waals surface area contributed by atoms with Gasteiger partial charge < -0.3 is 14.4 Å². The van der Waals surface area contributed by atoms with Crippen LogP contribution in [-0.4, -0.2) is 29.0 Å². The zero-order chi connectivity index (χ0) is 20.1. The minimum absolute atomic E-state index is 0.00769. The lowest BCUT2D eigenvalue weighted by molar-refractivity contribution is 0.414. The van der Waals surface area contributed by atoms with Crippen LogP contribution in [0.1, 0.15) is 69.4 Å². The first-order chi connectivity index (χ1) is 13.6. The predicted octanol–water partition coefficient (Wildman–Crippen LogP) is 4.97. The number of fused-ring (bicyclic) bond motifs is 1. The number of aromatic hydroxyl groups is 1. The molecule has 1 saturated carbocycles. The molecule has 1 aliphatic rings. The summed E-state index contributed by atoms with van der Waals surface area (Å²) in [5.74, 6) is 0.683. The first-order valence-electron chi connectivity index (χ1n) is 10.5. The Hall–Kier alpha value is -2.30. The molecule has 0 aliphatic heterocycles. The fourth-order valence-electron chi connectivity index (χ4n) is 4.16. The van der Waals surface area contributed by atoms with Gasteiger partial charge in [0.1, 0.15) is 17.1 Å². The van der Waals surface area contributed by atoms with Gasteiger partial charge in [0.05, 0.1) is 12.6 Å². The topological polar surface area (TPSA) is 63.8 Å². The zero-order valence-corrected chi connectivity index (χ0v) is 17.3. The first-order valence-corrected chi connectivity index (χ1v) is 10.5. The monoisotopic (exact) mass is 384 g/mol. The van der Waals surface area contributed by atoms with E-state index in [1.165, 1.54) is 19.3 Å². The number of methoxy groups -OCH3 is 1. The Morgan fingerprint density at radius 2 is 2.00 bits per heavy atom. The molecule has 3 rings (SSSR count). The third-order valence-electron chi connectivity index (χ3n) is 5.74. The second-order valence-electron chi connectivity index (χ2n) is 7.84. The maximum atomic E-state index is 13.3. The molecule has 152 valence electrons. The Labute approximate surface area is 167 Å². The summed E-state index contributed by atoms with van der Waals surface area (Å²) >= 11 is 0. The molecule has 1 fully saturated rings. The second-order valence-corrected chi connectivity index (χ2v) is 7.84. The predicted molar refractivity (Wildman–Crippen MR) is 115 cm³/mol. The summed E-state index contributed by atoms with van der Waals surface area (Å²) in [7, 11) is 1.61. The van der Waals surface area contributed by atoms with Gasteiger partial charge in [-0.15, -0.1) is 0 Å². The molecule has 28 heavy (non-hydrogen) atoms. The lowest BCUT2D eigenvalue weighted by atomic mass is 9.96. The van der Waals surface area contributed by atoms with Gasteiger partial charge in [0, 0.05) is 24.2 Å². The van der Waals surface area contributed by atoms with Crippen molar-refractivity contribution in [3.05, 3.63) is 33.6 Å². The molecule has 0 radical (unpaired) electrons. The van der Waals surface area contributed by atoms with Gasteiger partial charge in [0.25, 0.3) is 5.56 Å². The van der Waals surface area contributed by atoms with E-state index < -0.39 is 0 Å². The summed E-state index contributed by atoms with van der Waals surface area (Å²) in [6.45, 7) is 4.74. The van der Waals surface area contributed by atoms with Crippen molar-refractivity contribution in [2.24, 2.45) is 4.99 Å². The highest BCUT2D eigenvalue weighted by atomic mass is 16.5. The van der Waals surface area contributed by atoms with Crippen molar-refractivity contribution in [3.63, 3.8) is 0 Å². The zero-order valence-electron chi connectivity index (χ0n) is 17.3. The molecular weight excluding hydrogens is 352 g/mol. The van der Waals surface area contributed by atoms with E-state index in [0.717, 1.165) is 43.2 Å². The van der Waals surface area contributed by atoms with Crippen LogP contribution in [-0.2, 0) is 6.54 Å². The van der Waals surface area contributed by atoms with Crippen LogP contribution in [0.25, 0.3) is 10.9 Å². The average Bonchev–Trinajstić information content (AvgIpc) is 2.71. The van der Waals surface area contributed by atoms with E-state index in [1.54, 1.807) is 13.3 Å². The molecule has 1 N–H and O–H groups in total. The van der Waals surface area contributed by atoms with E-state index in [-0.39, 0.29) is 17.4 Å². The Balaban J connectivity index is 2.13. The van der Waals surface area contributed by atoms with Gasteiger partial charge in [-0.2, -0.15) is 0 Å². The second kappa shape index (κ2) is 9.26. The molecule has 5 nitrogen and oxygen atoms in total. The molecule has 2 aromatic rings. The number of benzene rings is 1. The number of aryl methyl sites for hydroxylation is 2. The summed E-state index contributed by atoms with van der Waals surface area (Å²) in [5.41, 5.74) is 1.85. The molecule has 1 aromatic heterocycles. The highest BCUT2D eigenvalue weighted by Crippen LogP contribution is 2.32. The van der Waals surface area contributed by atoms with E-state index >= 15 is 0 Å². The maximum absolute atomic E-state index is 13.3. The lowest BCUT2D eigenvalue weighted by Gasteiger charge is -2.18. The van der Waals surface area contributed by atoms with Crippen molar-refractivity contribution >= 4 is 17.1 Å². The third kappa shape index (κ3) is 4.23. The number of hydrogen-bond acceptors (Lipinski definition) is 4. The van der Waals surface area contributed by atoms with Gasteiger partial charge in [-0.25, -0.2) is 0 Å². The SMILES string of the molecule is CCCCCn1c(=O)c(C=NC2CCCCC2)c(O)c2cc(OC)cc(C)c21. The van der Waals surface area contributed by atoms with Crippen molar-refractivity contribution in [1.29, 1.82) is 0 Å². The van der Waals surface area contributed by atoms with Crippen LogP contribution in [0.3, 0.4) is 0 Å². The van der Waals surface area contributed by atoms with Crippen LogP contribution in [0.2, 0.25) is 0 Å². The van der Waals surface area contributed by atoms with Gasteiger partial charge in [-0.3, -0.25) is 9.79 Å². The van der Waals surface area contributed by atoms with Crippen molar-refractivity contribution in [2.75, 3.05) is 7.11 Å². The highest BCUT2D eigenvalue weighted by molar-refractivity contribution is 5.97.